The lowest BCUT2D eigenvalue weighted by atomic mass is 10.2. The molecule has 2 heterocycles. The third-order valence-electron chi connectivity index (χ3n) is 2.85. The monoisotopic (exact) mass is 336 g/mol. The molecule has 0 saturated carbocycles. The molecule has 122 valence electrons. The van der Waals surface area contributed by atoms with Crippen LogP contribution in [0.15, 0.2) is 34.9 Å². The van der Waals surface area contributed by atoms with Gasteiger partial charge in [-0.05, 0) is 24.3 Å². The van der Waals surface area contributed by atoms with E-state index in [-0.39, 0.29) is 24.6 Å². The molecule has 0 aliphatic carbocycles. The molecular formula is C15H16N2O5S. The number of nitrogens with one attached hydrogen (secondary N) is 2. The van der Waals surface area contributed by atoms with Crippen molar-refractivity contribution in [3.8, 4) is 0 Å². The van der Waals surface area contributed by atoms with Crippen LogP contribution in [0, 0.1) is 0 Å². The minimum atomic E-state index is -0.728. The maximum Gasteiger partial charge on any atom is 0.309 e. The number of ether oxygens (including phenoxy) is 1. The first-order valence-corrected chi connectivity index (χ1v) is 7.65. The van der Waals surface area contributed by atoms with Gasteiger partial charge in [-0.3, -0.25) is 14.4 Å². The van der Waals surface area contributed by atoms with Crippen LogP contribution in [0.5, 0.6) is 0 Å². The molecule has 2 aromatic rings. The molecule has 0 atom stereocenters. The number of hydrogen-bond acceptors (Lipinski definition) is 6. The molecule has 2 rings (SSSR count). The van der Waals surface area contributed by atoms with Crippen LogP contribution < -0.4 is 10.6 Å². The van der Waals surface area contributed by atoms with E-state index in [1.807, 2.05) is 0 Å². The molecule has 0 aromatic carbocycles. The summed E-state index contributed by atoms with van der Waals surface area (Å²) in [5, 5.41) is 4.92. The summed E-state index contributed by atoms with van der Waals surface area (Å²) in [5.41, 5.74) is 0. The van der Waals surface area contributed by atoms with E-state index < -0.39 is 11.8 Å². The van der Waals surface area contributed by atoms with Gasteiger partial charge < -0.3 is 19.8 Å². The second-order valence-corrected chi connectivity index (χ2v) is 5.67. The fourth-order valence-corrected chi connectivity index (χ4v) is 2.61. The molecule has 2 amide bonds. The molecule has 2 N–H and O–H groups in total. The van der Waals surface area contributed by atoms with Gasteiger partial charge >= 0.3 is 11.8 Å². The van der Waals surface area contributed by atoms with Crippen molar-refractivity contribution in [3.63, 3.8) is 0 Å². The van der Waals surface area contributed by atoms with Gasteiger partial charge in [-0.25, -0.2) is 0 Å². The zero-order chi connectivity index (χ0) is 16.7. The first-order chi connectivity index (χ1) is 11.1. The molecule has 0 aliphatic heterocycles. The second kappa shape index (κ2) is 8.25. The SMILES string of the molecule is COCCNC(=O)C(=O)NCc1ccc(C(=O)c2ccco2)s1. The molecule has 7 nitrogen and oxygen atoms in total. The summed E-state index contributed by atoms with van der Waals surface area (Å²) in [6.07, 6.45) is 1.43. The smallest absolute Gasteiger partial charge is 0.309 e. The Morgan fingerprint density at radius 1 is 1.17 bits per heavy atom. The van der Waals surface area contributed by atoms with E-state index in [4.69, 9.17) is 9.15 Å². The first-order valence-electron chi connectivity index (χ1n) is 6.83. The summed E-state index contributed by atoms with van der Waals surface area (Å²) < 4.78 is 9.83. The number of thiophene rings is 1. The lowest BCUT2D eigenvalue weighted by Gasteiger charge is -2.04. The van der Waals surface area contributed by atoms with Gasteiger partial charge in [0, 0.05) is 18.5 Å². The van der Waals surface area contributed by atoms with E-state index in [1.165, 1.54) is 24.7 Å². The first kappa shape index (κ1) is 16.9. The van der Waals surface area contributed by atoms with E-state index in [2.05, 4.69) is 10.6 Å². The van der Waals surface area contributed by atoms with Crippen LogP contribution in [0.1, 0.15) is 20.3 Å². The summed E-state index contributed by atoms with van der Waals surface area (Å²) in [6.45, 7) is 0.776. The Hall–Kier alpha value is -2.45. The van der Waals surface area contributed by atoms with Gasteiger partial charge in [0.2, 0.25) is 5.78 Å². The predicted octanol–water partition coefficient (Wildman–Crippen LogP) is 0.951. The maximum absolute atomic E-state index is 12.1. The molecule has 0 fully saturated rings. The molecule has 23 heavy (non-hydrogen) atoms. The molecule has 0 spiro atoms. The summed E-state index contributed by atoms with van der Waals surface area (Å²) in [7, 11) is 1.50. The van der Waals surface area contributed by atoms with Gasteiger partial charge in [-0.2, -0.15) is 0 Å². The van der Waals surface area contributed by atoms with Crippen LogP contribution in [0.25, 0.3) is 0 Å². The Morgan fingerprint density at radius 3 is 2.65 bits per heavy atom. The summed E-state index contributed by atoms with van der Waals surface area (Å²) in [5.74, 6) is -1.39. The molecule has 2 aromatic heterocycles. The van der Waals surface area contributed by atoms with Crippen LogP contribution in [-0.2, 0) is 20.9 Å². The summed E-state index contributed by atoms with van der Waals surface area (Å²) in [6, 6.07) is 6.62. The molecular weight excluding hydrogens is 320 g/mol. The van der Waals surface area contributed by atoms with Gasteiger partial charge in [0.1, 0.15) is 0 Å². The van der Waals surface area contributed by atoms with Crippen molar-refractivity contribution >= 4 is 28.9 Å². The van der Waals surface area contributed by atoms with Crippen molar-refractivity contribution in [1.82, 2.24) is 10.6 Å². The third-order valence-corrected chi connectivity index (χ3v) is 3.94. The lowest BCUT2D eigenvalue weighted by molar-refractivity contribution is -0.139. The minimum Gasteiger partial charge on any atom is -0.461 e. The normalized spacial score (nSPS) is 10.3. The number of amides is 2. The van der Waals surface area contributed by atoms with Gasteiger partial charge in [-0.1, -0.05) is 0 Å². The Morgan fingerprint density at radius 2 is 1.96 bits per heavy atom. The Balaban J connectivity index is 1.84. The van der Waals surface area contributed by atoms with Crippen molar-refractivity contribution in [2.45, 2.75) is 6.54 Å². The van der Waals surface area contributed by atoms with E-state index in [9.17, 15) is 14.4 Å². The van der Waals surface area contributed by atoms with E-state index in [0.717, 1.165) is 4.88 Å². The van der Waals surface area contributed by atoms with Crippen molar-refractivity contribution in [2.24, 2.45) is 0 Å². The Kier molecular flexibility index (Phi) is 6.07. The van der Waals surface area contributed by atoms with Crippen molar-refractivity contribution < 1.29 is 23.5 Å². The maximum atomic E-state index is 12.1. The third kappa shape index (κ3) is 4.76. The van der Waals surface area contributed by atoms with Gasteiger partial charge in [0.05, 0.1) is 24.3 Å². The second-order valence-electron chi connectivity index (χ2n) is 4.50. The average Bonchev–Trinajstić information content (AvgIpc) is 3.23. The largest absolute Gasteiger partial charge is 0.461 e. The highest BCUT2D eigenvalue weighted by Gasteiger charge is 2.16. The van der Waals surface area contributed by atoms with Gasteiger partial charge in [0.25, 0.3) is 0 Å². The molecule has 0 radical (unpaired) electrons. The van der Waals surface area contributed by atoms with Gasteiger partial charge in [-0.15, -0.1) is 11.3 Å². The standard InChI is InChI=1S/C15H16N2O5S/c1-21-8-6-16-14(19)15(20)17-9-10-4-5-12(23-10)13(18)11-3-2-7-22-11/h2-5,7H,6,8-9H2,1H3,(H,16,19)(H,17,20). The van der Waals surface area contributed by atoms with Crippen LogP contribution in [0.2, 0.25) is 0 Å². The molecule has 0 unspecified atom stereocenters. The van der Waals surface area contributed by atoms with E-state index in [1.54, 1.807) is 24.3 Å². The van der Waals surface area contributed by atoms with Crippen LogP contribution in [0.4, 0.5) is 0 Å². The zero-order valence-corrected chi connectivity index (χ0v) is 13.3. The Bertz CT molecular complexity index is 678. The van der Waals surface area contributed by atoms with Crippen molar-refractivity contribution in [2.75, 3.05) is 20.3 Å². The number of hydrogen-bond donors (Lipinski definition) is 2. The number of carbonyl (C=O) groups excluding carboxylic acids is 3. The van der Waals surface area contributed by atoms with Crippen LogP contribution in [-0.4, -0.2) is 37.9 Å². The number of ketones is 1. The fraction of sp³-hybridized carbons (Fsp3) is 0.267. The fourth-order valence-electron chi connectivity index (χ4n) is 1.72. The minimum absolute atomic E-state index is 0.173. The molecule has 0 aliphatic rings. The zero-order valence-electron chi connectivity index (χ0n) is 12.5. The lowest BCUT2D eigenvalue weighted by Crippen LogP contribution is -2.40. The molecule has 8 heteroatoms. The highest BCUT2D eigenvalue weighted by Crippen LogP contribution is 2.20. The van der Waals surface area contributed by atoms with E-state index >= 15 is 0 Å². The highest BCUT2D eigenvalue weighted by atomic mass is 32.1. The van der Waals surface area contributed by atoms with Crippen molar-refractivity contribution in [3.05, 3.63) is 46.0 Å². The molecule has 0 saturated heterocycles. The highest BCUT2D eigenvalue weighted by molar-refractivity contribution is 7.14. The topological polar surface area (TPSA) is 97.6 Å². The summed E-state index contributed by atoms with van der Waals surface area (Å²) >= 11 is 1.24. The van der Waals surface area contributed by atoms with Crippen LogP contribution in [0.3, 0.4) is 0 Å². The summed E-state index contributed by atoms with van der Waals surface area (Å²) in [4.78, 5) is 36.4. The average molecular weight is 336 g/mol. The number of methoxy groups -OCH3 is 1. The number of rotatable bonds is 7. The van der Waals surface area contributed by atoms with Crippen LogP contribution >= 0.6 is 11.3 Å². The van der Waals surface area contributed by atoms with Gasteiger partial charge in [0.15, 0.2) is 5.76 Å². The Labute approximate surface area is 136 Å². The molecule has 0 bridgehead atoms. The number of furan rings is 1. The number of carbonyl (C=O) groups is 3. The van der Waals surface area contributed by atoms with Crippen molar-refractivity contribution in [1.29, 1.82) is 0 Å². The predicted molar refractivity (Wildman–Crippen MR) is 83.2 cm³/mol. The quantitative estimate of drug-likeness (QED) is 0.446. The van der Waals surface area contributed by atoms with E-state index in [0.29, 0.717) is 11.5 Å².